The molecule has 1 aromatic heterocycles. The summed E-state index contributed by atoms with van der Waals surface area (Å²) < 4.78 is 0. The first kappa shape index (κ1) is 14.6. The van der Waals surface area contributed by atoms with Crippen LogP contribution in [0.1, 0.15) is 26.3 Å². The molecule has 0 aliphatic rings. The second-order valence-corrected chi connectivity index (χ2v) is 5.10. The third-order valence-corrected chi connectivity index (χ3v) is 2.10. The summed E-state index contributed by atoms with van der Waals surface area (Å²) in [7, 11) is 0. The normalized spacial score (nSPS) is 13.8. The first-order chi connectivity index (χ1) is 8.47. The van der Waals surface area contributed by atoms with E-state index in [0.29, 0.717) is 6.54 Å². The quantitative estimate of drug-likeness (QED) is 0.588. The highest BCUT2D eigenvalue weighted by molar-refractivity contribution is 5.78. The molecule has 1 rings (SSSR count). The van der Waals surface area contributed by atoms with Crippen molar-refractivity contribution in [1.82, 2.24) is 10.3 Å². The summed E-state index contributed by atoms with van der Waals surface area (Å²) in [4.78, 5) is 8.97. The number of pyridine rings is 1. The Bertz CT molecular complexity index is 360. The Morgan fingerprint density at radius 3 is 2.94 bits per heavy atom. The van der Waals surface area contributed by atoms with Crippen LogP contribution >= 0.6 is 0 Å². The van der Waals surface area contributed by atoms with Gasteiger partial charge in [-0.15, -0.1) is 0 Å². The largest absolute Gasteiger partial charge is 0.393 e. The molecule has 18 heavy (non-hydrogen) atoms. The third-order valence-electron chi connectivity index (χ3n) is 2.10. The third kappa shape index (κ3) is 6.98. The zero-order valence-electron chi connectivity index (χ0n) is 11.1. The molecule has 0 saturated carbocycles. The predicted octanol–water partition coefficient (Wildman–Crippen LogP) is 1.18. The van der Waals surface area contributed by atoms with Crippen molar-refractivity contribution in [1.29, 1.82) is 0 Å². The van der Waals surface area contributed by atoms with Gasteiger partial charge in [-0.2, -0.15) is 0 Å². The van der Waals surface area contributed by atoms with Crippen molar-refractivity contribution in [2.24, 2.45) is 5.16 Å². The van der Waals surface area contributed by atoms with Crippen LogP contribution in [-0.2, 0) is 4.84 Å². The van der Waals surface area contributed by atoms with Gasteiger partial charge in [0, 0.05) is 30.0 Å². The topological polar surface area (TPSA) is 66.7 Å². The molecule has 0 amide bonds. The average molecular weight is 251 g/mol. The molecular formula is C13H21N3O2. The molecule has 1 atom stereocenters. The van der Waals surface area contributed by atoms with Crippen LogP contribution in [0.25, 0.3) is 0 Å². The van der Waals surface area contributed by atoms with E-state index in [9.17, 15) is 5.11 Å². The zero-order valence-corrected chi connectivity index (χ0v) is 11.1. The fraction of sp³-hybridized carbons (Fsp3) is 0.538. The first-order valence-electron chi connectivity index (χ1n) is 5.96. The number of β-amino-alcohol motifs (C(OH)–C–C–N with tert-alkyl or cyclic N) is 1. The van der Waals surface area contributed by atoms with Gasteiger partial charge in [-0.05, 0) is 26.8 Å². The van der Waals surface area contributed by atoms with Crippen LogP contribution in [0.4, 0.5) is 0 Å². The van der Waals surface area contributed by atoms with Gasteiger partial charge in [-0.1, -0.05) is 11.2 Å². The average Bonchev–Trinajstić information content (AvgIpc) is 2.33. The minimum absolute atomic E-state index is 0.0139. The molecule has 0 aliphatic heterocycles. The van der Waals surface area contributed by atoms with E-state index >= 15 is 0 Å². The first-order valence-corrected chi connectivity index (χ1v) is 5.96. The monoisotopic (exact) mass is 251 g/mol. The van der Waals surface area contributed by atoms with Crippen LogP contribution in [0.5, 0.6) is 0 Å². The maximum absolute atomic E-state index is 9.64. The lowest BCUT2D eigenvalue weighted by atomic mass is 10.1. The number of aliphatic hydroxyl groups is 1. The number of oxime groups is 1. The molecule has 100 valence electrons. The minimum atomic E-state index is -0.574. The number of aromatic nitrogens is 1. The zero-order chi connectivity index (χ0) is 13.4. The van der Waals surface area contributed by atoms with E-state index in [-0.39, 0.29) is 12.1 Å². The number of rotatable bonds is 6. The summed E-state index contributed by atoms with van der Waals surface area (Å²) >= 11 is 0. The molecule has 0 saturated heterocycles. The number of hydrogen-bond donors (Lipinski definition) is 2. The number of hydrogen-bond acceptors (Lipinski definition) is 5. The summed E-state index contributed by atoms with van der Waals surface area (Å²) in [6.07, 6.45) is 4.37. The summed E-state index contributed by atoms with van der Waals surface area (Å²) in [5.41, 5.74) is 0.847. The lowest BCUT2D eigenvalue weighted by Crippen LogP contribution is -2.42. The SMILES string of the molecule is CC(C)(C)NCC(O)CO/N=C/c1cccnc1. The van der Waals surface area contributed by atoms with Gasteiger partial charge < -0.3 is 15.3 Å². The van der Waals surface area contributed by atoms with Crippen molar-refractivity contribution in [3.05, 3.63) is 30.1 Å². The highest BCUT2D eigenvalue weighted by Gasteiger charge is 2.12. The Morgan fingerprint density at radius 2 is 2.33 bits per heavy atom. The van der Waals surface area contributed by atoms with Crippen LogP contribution in [0.3, 0.4) is 0 Å². The number of nitrogens with one attached hydrogen (secondary N) is 1. The van der Waals surface area contributed by atoms with Crippen LogP contribution < -0.4 is 5.32 Å². The van der Waals surface area contributed by atoms with E-state index < -0.39 is 6.10 Å². The Kier molecular flexibility index (Phi) is 5.74. The minimum Gasteiger partial charge on any atom is -0.393 e. The van der Waals surface area contributed by atoms with Crippen molar-refractivity contribution >= 4 is 6.21 Å². The Balaban J connectivity index is 2.19. The Morgan fingerprint density at radius 1 is 1.56 bits per heavy atom. The molecule has 2 N–H and O–H groups in total. The highest BCUT2D eigenvalue weighted by Crippen LogP contribution is 1.98. The molecule has 1 heterocycles. The summed E-state index contributed by atoms with van der Waals surface area (Å²) in [6, 6.07) is 3.70. The fourth-order valence-corrected chi connectivity index (χ4v) is 1.16. The molecule has 0 bridgehead atoms. The molecule has 0 radical (unpaired) electrons. The van der Waals surface area contributed by atoms with Gasteiger partial charge in [0.25, 0.3) is 0 Å². The molecule has 0 aromatic carbocycles. The van der Waals surface area contributed by atoms with Gasteiger partial charge in [0.15, 0.2) is 0 Å². The van der Waals surface area contributed by atoms with E-state index in [1.807, 2.05) is 32.9 Å². The predicted molar refractivity (Wildman–Crippen MR) is 71.5 cm³/mol. The molecule has 5 heteroatoms. The molecular weight excluding hydrogens is 230 g/mol. The lowest BCUT2D eigenvalue weighted by Gasteiger charge is -2.22. The maximum atomic E-state index is 9.64. The van der Waals surface area contributed by atoms with E-state index in [4.69, 9.17) is 4.84 Å². The van der Waals surface area contributed by atoms with Crippen LogP contribution in [0, 0.1) is 0 Å². The molecule has 0 fully saturated rings. The summed E-state index contributed by atoms with van der Waals surface area (Å²) in [5, 5.41) is 16.6. The lowest BCUT2D eigenvalue weighted by molar-refractivity contribution is 0.0379. The van der Waals surface area contributed by atoms with Gasteiger partial charge in [0.2, 0.25) is 0 Å². The van der Waals surface area contributed by atoms with Crippen molar-refractivity contribution in [3.63, 3.8) is 0 Å². The summed E-state index contributed by atoms with van der Waals surface area (Å²) in [5.74, 6) is 0. The Hall–Kier alpha value is -1.46. The fourth-order valence-electron chi connectivity index (χ4n) is 1.16. The van der Waals surface area contributed by atoms with Gasteiger partial charge in [0.1, 0.15) is 12.7 Å². The van der Waals surface area contributed by atoms with Gasteiger partial charge in [-0.3, -0.25) is 4.98 Å². The Labute approximate surface area is 108 Å². The number of nitrogens with zero attached hydrogens (tertiary/aromatic N) is 2. The van der Waals surface area contributed by atoms with E-state index in [1.165, 1.54) is 0 Å². The maximum Gasteiger partial charge on any atom is 0.144 e. The van der Waals surface area contributed by atoms with Crippen molar-refractivity contribution < 1.29 is 9.94 Å². The molecule has 5 nitrogen and oxygen atoms in total. The summed E-state index contributed by atoms with van der Waals surface area (Å²) in [6.45, 7) is 6.77. The smallest absolute Gasteiger partial charge is 0.144 e. The van der Waals surface area contributed by atoms with Crippen molar-refractivity contribution in [2.45, 2.75) is 32.4 Å². The molecule has 1 unspecified atom stereocenters. The van der Waals surface area contributed by atoms with Gasteiger partial charge >= 0.3 is 0 Å². The van der Waals surface area contributed by atoms with Crippen molar-refractivity contribution in [2.75, 3.05) is 13.2 Å². The molecule has 1 aromatic rings. The van der Waals surface area contributed by atoms with Crippen molar-refractivity contribution in [3.8, 4) is 0 Å². The number of aliphatic hydroxyl groups excluding tert-OH is 1. The van der Waals surface area contributed by atoms with E-state index in [0.717, 1.165) is 5.56 Å². The van der Waals surface area contributed by atoms with Gasteiger partial charge in [-0.25, -0.2) is 0 Å². The molecule has 0 aliphatic carbocycles. The second-order valence-electron chi connectivity index (χ2n) is 5.10. The van der Waals surface area contributed by atoms with Gasteiger partial charge in [0.05, 0.1) is 6.21 Å². The van der Waals surface area contributed by atoms with E-state index in [1.54, 1.807) is 18.6 Å². The standard InChI is InChI=1S/C13H21N3O2/c1-13(2,3)15-9-12(17)10-18-16-8-11-5-4-6-14-7-11/h4-8,12,15,17H,9-10H2,1-3H3/b16-8+. The highest BCUT2D eigenvalue weighted by atomic mass is 16.6. The molecule has 0 spiro atoms. The van der Waals surface area contributed by atoms with E-state index in [2.05, 4.69) is 15.5 Å². The second kappa shape index (κ2) is 7.08. The van der Waals surface area contributed by atoms with Crippen LogP contribution in [0.15, 0.2) is 29.7 Å². The van der Waals surface area contributed by atoms with Crippen LogP contribution in [0.2, 0.25) is 0 Å². The van der Waals surface area contributed by atoms with Crippen LogP contribution in [-0.4, -0.2) is 41.1 Å².